The predicted octanol–water partition coefficient (Wildman–Crippen LogP) is 1.26. The average Bonchev–Trinajstić information content (AvgIpc) is 2.38. The van der Waals surface area contributed by atoms with Crippen molar-refractivity contribution < 1.29 is 9.90 Å². The van der Waals surface area contributed by atoms with Crippen molar-refractivity contribution in [2.45, 2.75) is 26.0 Å². The second kappa shape index (κ2) is 6.52. The van der Waals surface area contributed by atoms with Gasteiger partial charge in [0.25, 0.3) is 5.91 Å². The minimum Gasteiger partial charge on any atom is -0.392 e. The fourth-order valence-electron chi connectivity index (χ4n) is 2.58. The lowest BCUT2D eigenvalue weighted by atomic mass is 10.1. The molecule has 0 radical (unpaired) electrons. The molecular formula is C14H20ClN3O2. The highest BCUT2D eigenvalue weighted by atomic mass is 35.5. The molecule has 5 nitrogen and oxygen atoms in total. The molecular weight excluding hydrogens is 278 g/mol. The quantitative estimate of drug-likeness (QED) is 0.913. The zero-order valence-corrected chi connectivity index (χ0v) is 12.5. The molecule has 0 spiro atoms. The topological polar surface area (TPSA) is 56.7 Å². The van der Waals surface area contributed by atoms with Gasteiger partial charge in [0.2, 0.25) is 0 Å². The van der Waals surface area contributed by atoms with Crippen molar-refractivity contribution in [1.29, 1.82) is 0 Å². The van der Waals surface area contributed by atoms with Gasteiger partial charge in [-0.25, -0.2) is 0 Å². The van der Waals surface area contributed by atoms with Crippen molar-refractivity contribution in [3.63, 3.8) is 0 Å². The van der Waals surface area contributed by atoms with Gasteiger partial charge in [0.1, 0.15) is 0 Å². The summed E-state index contributed by atoms with van der Waals surface area (Å²) < 4.78 is 0. The molecule has 6 heteroatoms. The van der Waals surface area contributed by atoms with E-state index >= 15 is 0 Å². The Bertz CT molecular complexity index is 481. The van der Waals surface area contributed by atoms with Crippen LogP contribution in [0, 0.1) is 0 Å². The number of pyridine rings is 1. The van der Waals surface area contributed by atoms with Crippen LogP contribution >= 0.6 is 11.6 Å². The molecule has 2 heterocycles. The number of hydrogen-bond acceptors (Lipinski definition) is 4. The molecule has 1 aromatic rings. The van der Waals surface area contributed by atoms with Gasteiger partial charge in [0, 0.05) is 44.6 Å². The first-order chi connectivity index (χ1) is 9.49. The van der Waals surface area contributed by atoms with Gasteiger partial charge in [-0.3, -0.25) is 14.7 Å². The number of halogens is 1. The van der Waals surface area contributed by atoms with Crippen molar-refractivity contribution in [1.82, 2.24) is 14.8 Å². The second-order valence-corrected chi connectivity index (χ2v) is 5.72. The Kier molecular flexibility index (Phi) is 4.96. The molecule has 1 aliphatic rings. The Morgan fingerprint density at radius 1 is 1.60 bits per heavy atom. The van der Waals surface area contributed by atoms with E-state index in [1.54, 1.807) is 19.2 Å². The van der Waals surface area contributed by atoms with Crippen LogP contribution in [-0.4, -0.2) is 64.1 Å². The van der Waals surface area contributed by atoms with Crippen molar-refractivity contribution in [2.24, 2.45) is 0 Å². The van der Waals surface area contributed by atoms with E-state index < -0.39 is 0 Å². The summed E-state index contributed by atoms with van der Waals surface area (Å²) in [5, 5.41) is 9.82. The number of carbonyl (C=O) groups excluding carboxylic acids is 1. The second-order valence-electron chi connectivity index (χ2n) is 5.31. The number of hydrogen-bond donors (Lipinski definition) is 1. The van der Waals surface area contributed by atoms with E-state index in [1.165, 1.54) is 6.20 Å². The monoisotopic (exact) mass is 297 g/mol. The molecule has 1 N–H and O–H groups in total. The molecule has 0 aliphatic carbocycles. The number of aromatic nitrogens is 1. The summed E-state index contributed by atoms with van der Waals surface area (Å²) in [7, 11) is 0. The van der Waals surface area contributed by atoms with Crippen molar-refractivity contribution in [2.75, 3.05) is 26.2 Å². The third-order valence-electron chi connectivity index (χ3n) is 3.50. The van der Waals surface area contributed by atoms with Gasteiger partial charge >= 0.3 is 0 Å². The van der Waals surface area contributed by atoms with Gasteiger partial charge in [-0.1, -0.05) is 11.6 Å². The van der Waals surface area contributed by atoms with Crippen LogP contribution in [0.3, 0.4) is 0 Å². The lowest BCUT2D eigenvalue weighted by Gasteiger charge is -2.40. The molecule has 110 valence electrons. The zero-order valence-electron chi connectivity index (χ0n) is 11.8. The number of amides is 1. The van der Waals surface area contributed by atoms with Crippen LogP contribution in [0.4, 0.5) is 0 Å². The number of aliphatic hydroxyl groups excluding tert-OH is 1. The minimum atomic E-state index is -0.348. The van der Waals surface area contributed by atoms with Crippen LogP contribution in [0.1, 0.15) is 24.2 Å². The van der Waals surface area contributed by atoms with Crippen LogP contribution in [0.2, 0.25) is 5.02 Å². The van der Waals surface area contributed by atoms with E-state index in [2.05, 4.69) is 9.88 Å². The Labute approximate surface area is 124 Å². The molecule has 1 aliphatic heterocycles. The zero-order chi connectivity index (χ0) is 14.7. The first kappa shape index (κ1) is 15.2. The Hall–Kier alpha value is -1.17. The van der Waals surface area contributed by atoms with Crippen molar-refractivity contribution in [3.05, 3.63) is 29.0 Å². The van der Waals surface area contributed by atoms with E-state index in [4.69, 9.17) is 11.6 Å². The van der Waals surface area contributed by atoms with Crippen molar-refractivity contribution >= 4 is 17.5 Å². The maximum absolute atomic E-state index is 12.5. The summed E-state index contributed by atoms with van der Waals surface area (Å²) >= 11 is 6.03. The van der Waals surface area contributed by atoms with Gasteiger partial charge in [-0.05, 0) is 19.9 Å². The maximum Gasteiger partial charge on any atom is 0.255 e. The first-order valence-electron chi connectivity index (χ1n) is 6.80. The predicted molar refractivity (Wildman–Crippen MR) is 77.9 cm³/mol. The van der Waals surface area contributed by atoms with Crippen LogP contribution in [0.5, 0.6) is 0 Å². The summed E-state index contributed by atoms with van der Waals surface area (Å²) in [4.78, 5) is 20.4. The van der Waals surface area contributed by atoms with E-state index in [9.17, 15) is 9.90 Å². The molecule has 1 saturated heterocycles. The normalized spacial score (nSPS) is 21.8. The summed E-state index contributed by atoms with van der Waals surface area (Å²) in [6, 6.07) is 1.75. The molecule has 1 aromatic heterocycles. The summed E-state index contributed by atoms with van der Waals surface area (Å²) in [5.74, 6) is -0.0541. The van der Waals surface area contributed by atoms with Gasteiger partial charge in [0.15, 0.2) is 0 Å². The largest absolute Gasteiger partial charge is 0.392 e. The molecule has 0 aromatic carbocycles. The molecule has 2 rings (SSSR count). The SMILES string of the molecule is CC(O)CN1CCN(C(=O)c2ccncc2Cl)C(C)C1. The van der Waals surface area contributed by atoms with Gasteiger partial charge in [0.05, 0.1) is 16.7 Å². The molecule has 2 unspecified atom stereocenters. The molecule has 1 fully saturated rings. The number of carbonyl (C=O) groups is 1. The fraction of sp³-hybridized carbons (Fsp3) is 0.571. The average molecular weight is 298 g/mol. The third kappa shape index (κ3) is 3.48. The Morgan fingerprint density at radius 2 is 2.35 bits per heavy atom. The number of nitrogens with zero attached hydrogens (tertiary/aromatic N) is 3. The van der Waals surface area contributed by atoms with Crippen molar-refractivity contribution in [3.8, 4) is 0 Å². The van der Waals surface area contributed by atoms with Crippen LogP contribution in [0.25, 0.3) is 0 Å². The first-order valence-corrected chi connectivity index (χ1v) is 7.17. The van der Waals surface area contributed by atoms with Gasteiger partial charge < -0.3 is 10.0 Å². The Morgan fingerprint density at radius 3 is 2.95 bits per heavy atom. The minimum absolute atomic E-state index is 0.0541. The lowest BCUT2D eigenvalue weighted by Crippen LogP contribution is -2.55. The van der Waals surface area contributed by atoms with Gasteiger partial charge in [-0.2, -0.15) is 0 Å². The third-order valence-corrected chi connectivity index (χ3v) is 3.80. The van der Waals surface area contributed by atoms with Crippen LogP contribution < -0.4 is 0 Å². The lowest BCUT2D eigenvalue weighted by molar-refractivity contribution is 0.0383. The molecule has 0 bridgehead atoms. The Balaban J connectivity index is 2.04. The molecule has 1 amide bonds. The van der Waals surface area contributed by atoms with E-state index in [0.29, 0.717) is 23.7 Å². The number of piperazine rings is 1. The molecule has 2 atom stereocenters. The maximum atomic E-state index is 12.5. The van der Waals surface area contributed by atoms with Crippen LogP contribution in [-0.2, 0) is 0 Å². The van der Waals surface area contributed by atoms with E-state index in [1.807, 2.05) is 11.8 Å². The highest BCUT2D eigenvalue weighted by Gasteiger charge is 2.29. The summed E-state index contributed by atoms with van der Waals surface area (Å²) in [5.41, 5.74) is 0.498. The number of β-amino-alcohol motifs (C(OH)–C–C–N with tert-alkyl or cyclic N) is 1. The van der Waals surface area contributed by atoms with Crippen LogP contribution in [0.15, 0.2) is 18.5 Å². The van der Waals surface area contributed by atoms with E-state index in [0.717, 1.165) is 13.1 Å². The number of rotatable bonds is 3. The number of aliphatic hydroxyl groups is 1. The fourth-order valence-corrected chi connectivity index (χ4v) is 2.78. The molecule has 20 heavy (non-hydrogen) atoms. The highest BCUT2D eigenvalue weighted by Crippen LogP contribution is 2.19. The highest BCUT2D eigenvalue weighted by molar-refractivity contribution is 6.33. The smallest absolute Gasteiger partial charge is 0.255 e. The standard InChI is InChI=1S/C14H20ClN3O2/c1-10-8-17(9-11(2)19)5-6-18(10)14(20)12-3-4-16-7-13(12)15/h3-4,7,10-11,19H,5-6,8-9H2,1-2H3. The van der Waals surface area contributed by atoms with Gasteiger partial charge in [-0.15, -0.1) is 0 Å². The molecule has 0 saturated carbocycles. The summed E-state index contributed by atoms with van der Waals surface area (Å²) in [6.07, 6.45) is 2.72. The van der Waals surface area contributed by atoms with E-state index in [-0.39, 0.29) is 18.1 Å². The summed E-state index contributed by atoms with van der Waals surface area (Å²) in [6.45, 7) is 6.61.